The summed E-state index contributed by atoms with van der Waals surface area (Å²) in [5.74, 6) is 0.544. The Labute approximate surface area is 58.8 Å². The van der Waals surface area contributed by atoms with Gasteiger partial charge in [0.05, 0.1) is 0 Å². The summed E-state index contributed by atoms with van der Waals surface area (Å²) in [6.07, 6.45) is -0.619. The van der Waals surface area contributed by atoms with Gasteiger partial charge in [-0.3, -0.25) is 0 Å². The maximum Gasteiger partial charge on any atom is 0.245 e. The molecule has 1 saturated carbocycles. The first-order valence-electron chi connectivity index (χ1n) is 3.72. The molecule has 1 aliphatic carbocycles. The third kappa shape index (κ3) is 0.698. The van der Waals surface area contributed by atoms with E-state index < -0.39 is 11.8 Å². The molecule has 0 unspecified atom stereocenters. The van der Waals surface area contributed by atoms with E-state index in [1.165, 1.54) is 0 Å². The highest BCUT2D eigenvalue weighted by Gasteiger charge is 2.53. The molecule has 2 aliphatic heterocycles. The Hall–Kier alpha value is -0.180. The van der Waals surface area contributed by atoms with Gasteiger partial charge >= 0.3 is 0 Å². The first-order valence-corrected chi connectivity index (χ1v) is 3.72. The molecule has 0 atom stereocenters. The summed E-state index contributed by atoms with van der Waals surface area (Å²) < 4.78 is 24.6. The minimum Gasteiger partial charge on any atom is -0.316 e. The fraction of sp³-hybridized carbons (Fsp3) is 1.00. The van der Waals surface area contributed by atoms with Crippen molar-refractivity contribution in [2.45, 2.75) is 19.3 Å². The lowest BCUT2D eigenvalue weighted by Crippen LogP contribution is -2.58. The minimum absolute atomic E-state index is 0.529. The molecule has 3 fully saturated rings. The van der Waals surface area contributed by atoms with E-state index in [9.17, 15) is 8.78 Å². The van der Waals surface area contributed by atoms with Crippen LogP contribution in [0.3, 0.4) is 0 Å². The van der Waals surface area contributed by atoms with Gasteiger partial charge in [0, 0.05) is 12.0 Å². The predicted octanol–water partition coefficient (Wildman–Crippen LogP) is 1.25. The molecule has 0 radical (unpaired) electrons. The number of piperidine rings is 2. The maximum atomic E-state index is 12.3. The van der Waals surface area contributed by atoms with E-state index >= 15 is 0 Å². The average molecular weight is 147 g/mol. The molecule has 0 aromatic carbocycles. The van der Waals surface area contributed by atoms with Crippen molar-refractivity contribution in [1.29, 1.82) is 0 Å². The molecule has 1 nitrogen and oxygen atoms in total. The normalized spacial score (nSPS) is 45.3. The zero-order chi connectivity index (χ0) is 7.19. The molecule has 1 N–H and O–H groups in total. The molecule has 0 aromatic heterocycles. The first kappa shape index (κ1) is 6.53. The standard InChI is InChI=1S/C7H11F2N/c8-6(9)7-1-5(2-7)3-10-4-7/h5-6,10H,1-4H2. The quantitative estimate of drug-likeness (QED) is 0.588. The van der Waals surface area contributed by atoms with Crippen LogP contribution in [0.15, 0.2) is 0 Å². The van der Waals surface area contributed by atoms with Crippen LogP contribution in [0.1, 0.15) is 12.8 Å². The summed E-state index contributed by atoms with van der Waals surface area (Å²) in [5.41, 5.74) is -0.622. The van der Waals surface area contributed by atoms with E-state index in [4.69, 9.17) is 0 Å². The van der Waals surface area contributed by atoms with E-state index in [0.29, 0.717) is 12.5 Å². The molecule has 3 aliphatic rings. The van der Waals surface area contributed by atoms with E-state index in [-0.39, 0.29) is 0 Å². The second-order valence-corrected chi connectivity index (χ2v) is 3.57. The molecule has 2 bridgehead atoms. The zero-order valence-electron chi connectivity index (χ0n) is 5.74. The van der Waals surface area contributed by atoms with Crippen LogP contribution in [0.5, 0.6) is 0 Å². The lowest BCUT2D eigenvalue weighted by Gasteiger charge is -2.52. The van der Waals surface area contributed by atoms with Crippen LogP contribution in [-0.2, 0) is 0 Å². The largest absolute Gasteiger partial charge is 0.316 e. The molecule has 0 spiro atoms. The van der Waals surface area contributed by atoms with Gasteiger partial charge in [-0.1, -0.05) is 0 Å². The summed E-state index contributed by atoms with van der Waals surface area (Å²) in [6.45, 7) is 1.48. The van der Waals surface area contributed by atoms with Gasteiger partial charge in [-0.15, -0.1) is 0 Å². The molecule has 0 amide bonds. The van der Waals surface area contributed by atoms with Gasteiger partial charge in [-0.2, -0.15) is 0 Å². The number of hydrogen-bond donors (Lipinski definition) is 1. The van der Waals surface area contributed by atoms with Crippen molar-refractivity contribution in [3.8, 4) is 0 Å². The molecule has 2 heterocycles. The fourth-order valence-corrected chi connectivity index (χ4v) is 2.16. The highest BCUT2D eigenvalue weighted by molar-refractivity contribution is 5.01. The Morgan fingerprint density at radius 1 is 1.40 bits per heavy atom. The van der Waals surface area contributed by atoms with Gasteiger partial charge in [0.15, 0.2) is 0 Å². The van der Waals surface area contributed by atoms with Gasteiger partial charge < -0.3 is 5.32 Å². The van der Waals surface area contributed by atoms with Crippen LogP contribution >= 0.6 is 0 Å². The van der Waals surface area contributed by atoms with Crippen LogP contribution in [-0.4, -0.2) is 19.5 Å². The summed E-state index contributed by atoms with van der Waals surface area (Å²) in [6, 6.07) is 0. The Balaban J connectivity index is 2.05. The summed E-state index contributed by atoms with van der Waals surface area (Å²) in [5, 5.41) is 3.03. The molecular formula is C7H11F2N. The van der Waals surface area contributed by atoms with Gasteiger partial charge in [0.25, 0.3) is 0 Å². The van der Waals surface area contributed by atoms with Crippen molar-refractivity contribution in [1.82, 2.24) is 5.32 Å². The molecule has 0 aromatic rings. The van der Waals surface area contributed by atoms with E-state index in [1.807, 2.05) is 0 Å². The van der Waals surface area contributed by atoms with Crippen LogP contribution < -0.4 is 5.32 Å². The highest BCUT2D eigenvalue weighted by Crippen LogP contribution is 2.51. The van der Waals surface area contributed by atoms with Crippen molar-refractivity contribution in [3.05, 3.63) is 0 Å². The van der Waals surface area contributed by atoms with Crippen LogP contribution in [0.25, 0.3) is 0 Å². The Morgan fingerprint density at radius 3 is 2.40 bits per heavy atom. The van der Waals surface area contributed by atoms with Crippen molar-refractivity contribution in [2.24, 2.45) is 11.3 Å². The van der Waals surface area contributed by atoms with Crippen LogP contribution in [0, 0.1) is 11.3 Å². The summed E-state index contributed by atoms with van der Waals surface area (Å²) in [7, 11) is 0. The molecular weight excluding hydrogens is 136 g/mol. The number of rotatable bonds is 1. The third-order valence-electron chi connectivity index (χ3n) is 2.76. The van der Waals surface area contributed by atoms with Crippen molar-refractivity contribution < 1.29 is 8.78 Å². The summed E-state index contributed by atoms with van der Waals surface area (Å²) in [4.78, 5) is 0. The third-order valence-corrected chi connectivity index (χ3v) is 2.76. The lowest BCUT2D eigenvalue weighted by molar-refractivity contribution is -0.110. The fourth-order valence-electron chi connectivity index (χ4n) is 2.16. The van der Waals surface area contributed by atoms with Gasteiger partial charge in [-0.25, -0.2) is 8.78 Å². The minimum atomic E-state index is -2.11. The van der Waals surface area contributed by atoms with Crippen LogP contribution in [0.2, 0.25) is 0 Å². The second kappa shape index (κ2) is 1.91. The number of nitrogens with one attached hydrogen (secondary N) is 1. The number of alkyl halides is 2. The smallest absolute Gasteiger partial charge is 0.245 e. The van der Waals surface area contributed by atoms with E-state index in [0.717, 1.165) is 19.4 Å². The molecule has 2 saturated heterocycles. The topological polar surface area (TPSA) is 12.0 Å². The number of halogens is 2. The van der Waals surface area contributed by atoms with Crippen molar-refractivity contribution in [2.75, 3.05) is 13.1 Å². The number of fused-ring (bicyclic) bond motifs is 2. The summed E-state index contributed by atoms with van der Waals surface area (Å²) >= 11 is 0. The van der Waals surface area contributed by atoms with Crippen LogP contribution in [0.4, 0.5) is 8.78 Å². The van der Waals surface area contributed by atoms with Gasteiger partial charge in [0.2, 0.25) is 6.43 Å². The van der Waals surface area contributed by atoms with E-state index in [2.05, 4.69) is 5.32 Å². The maximum absolute atomic E-state index is 12.3. The SMILES string of the molecule is FC(F)C12CNCC(C1)C2. The van der Waals surface area contributed by atoms with Gasteiger partial charge in [0.1, 0.15) is 0 Å². The number of hydrogen-bond acceptors (Lipinski definition) is 1. The first-order chi connectivity index (χ1) is 4.73. The highest BCUT2D eigenvalue weighted by atomic mass is 19.3. The molecule has 58 valence electrons. The van der Waals surface area contributed by atoms with Crippen molar-refractivity contribution in [3.63, 3.8) is 0 Å². The van der Waals surface area contributed by atoms with Gasteiger partial charge in [-0.05, 0) is 25.3 Å². The average Bonchev–Trinajstić information content (AvgIpc) is 1.87. The molecule has 3 heteroatoms. The zero-order valence-corrected chi connectivity index (χ0v) is 5.74. The Kier molecular flexibility index (Phi) is 1.24. The Morgan fingerprint density at radius 2 is 2.10 bits per heavy atom. The monoisotopic (exact) mass is 147 g/mol. The lowest BCUT2D eigenvalue weighted by atomic mass is 9.59. The predicted molar refractivity (Wildman–Crippen MR) is 34.0 cm³/mol. The van der Waals surface area contributed by atoms with Crippen molar-refractivity contribution >= 4 is 0 Å². The van der Waals surface area contributed by atoms with E-state index in [1.54, 1.807) is 0 Å². The molecule has 3 rings (SSSR count). The Bertz CT molecular complexity index is 135. The molecule has 10 heavy (non-hydrogen) atoms. The second-order valence-electron chi connectivity index (χ2n) is 3.57.